The molecule has 0 aromatic heterocycles. The summed E-state index contributed by atoms with van der Waals surface area (Å²) in [6.45, 7) is 4.26. The Kier molecular flexibility index (Phi) is 10.6. The monoisotopic (exact) mass is 697 g/mol. The van der Waals surface area contributed by atoms with Gasteiger partial charge in [0.1, 0.15) is 23.0 Å². The van der Waals surface area contributed by atoms with E-state index in [1.165, 1.54) is 18.2 Å². The Morgan fingerprint density at radius 3 is 2.45 bits per heavy atom. The molecule has 0 radical (unpaired) electrons. The lowest BCUT2D eigenvalue weighted by Crippen LogP contribution is -2.36. The number of alkyl halides is 4. The van der Waals surface area contributed by atoms with Crippen molar-refractivity contribution in [1.29, 1.82) is 0 Å². The van der Waals surface area contributed by atoms with Crippen LogP contribution in [0.15, 0.2) is 71.8 Å². The lowest BCUT2D eigenvalue weighted by molar-refractivity contribution is -0.274. The maximum Gasteiger partial charge on any atom is 0.573 e. The third kappa shape index (κ3) is 8.29. The van der Waals surface area contributed by atoms with Gasteiger partial charge in [0.15, 0.2) is 11.7 Å². The first kappa shape index (κ1) is 31.9. The van der Waals surface area contributed by atoms with Crippen molar-refractivity contribution in [1.82, 2.24) is 4.90 Å². The zero-order valence-electron chi connectivity index (χ0n) is 23.6. The zero-order valence-corrected chi connectivity index (χ0v) is 25.8. The van der Waals surface area contributed by atoms with E-state index in [1.54, 1.807) is 29.2 Å². The van der Waals surface area contributed by atoms with Crippen LogP contribution in [0.4, 0.5) is 13.2 Å². The number of hydrogen-bond acceptors (Lipinski definition) is 6. The predicted molar refractivity (Wildman–Crippen MR) is 161 cm³/mol. The second kappa shape index (κ2) is 14.0. The average molecular weight is 698 g/mol. The number of ether oxygens (including phenoxy) is 2. The van der Waals surface area contributed by atoms with Crippen LogP contribution in [-0.4, -0.2) is 31.9 Å². The number of ketones is 2. The summed E-state index contributed by atoms with van der Waals surface area (Å²) in [6.07, 6.45) is 1.46. The highest BCUT2D eigenvalue weighted by molar-refractivity contribution is 14.1. The number of phenols is 1. The van der Waals surface area contributed by atoms with Gasteiger partial charge in [-0.1, -0.05) is 67.5 Å². The lowest BCUT2D eigenvalue weighted by atomic mass is 9.83. The van der Waals surface area contributed by atoms with Crippen LogP contribution in [-0.2, 0) is 16.1 Å². The molecule has 0 saturated carbocycles. The van der Waals surface area contributed by atoms with Crippen LogP contribution in [0, 0.1) is 11.8 Å². The molecule has 1 aliphatic carbocycles. The molecule has 2 aliphatic rings. The van der Waals surface area contributed by atoms with Crippen LogP contribution in [0.2, 0.25) is 0 Å². The molecular formula is C32H35F3INO5. The molecule has 0 fully saturated rings. The van der Waals surface area contributed by atoms with Crippen molar-refractivity contribution in [3.8, 4) is 17.2 Å². The second-order valence-electron chi connectivity index (χ2n) is 10.8. The number of hydrogen-bond donors (Lipinski definition) is 1. The number of Topliss-reactive ketones (excluding diaryl/α,β-unsaturated/α-hetero) is 2. The summed E-state index contributed by atoms with van der Waals surface area (Å²) in [6, 6.07) is 11.9. The van der Waals surface area contributed by atoms with E-state index in [2.05, 4.69) is 34.3 Å². The Morgan fingerprint density at radius 2 is 1.76 bits per heavy atom. The third-order valence-corrected chi connectivity index (χ3v) is 8.83. The number of phenolic OH excluding ortho intramolecular Hbond substituents is 1. The van der Waals surface area contributed by atoms with E-state index in [9.17, 15) is 27.9 Å². The van der Waals surface area contributed by atoms with Gasteiger partial charge in [0, 0.05) is 24.3 Å². The highest BCUT2D eigenvalue weighted by Crippen LogP contribution is 2.39. The average Bonchev–Trinajstić information content (AvgIpc) is 2.93. The predicted octanol–water partition coefficient (Wildman–Crippen LogP) is 8.24. The fraction of sp³-hybridized carbons (Fsp3) is 0.438. The normalized spacial score (nSPS) is 22.0. The molecular weight excluding hydrogens is 662 g/mol. The first-order valence-electron chi connectivity index (χ1n) is 14.2. The number of benzene rings is 2. The maximum atomic E-state index is 14.0. The van der Waals surface area contributed by atoms with Crippen LogP contribution < -0.4 is 9.47 Å². The summed E-state index contributed by atoms with van der Waals surface area (Å²) < 4.78 is 48.7. The minimum absolute atomic E-state index is 0.0970. The Hall–Kier alpha value is -3.02. The molecule has 2 aromatic rings. The van der Waals surface area contributed by atoms with Crippen molar-refractivity contribution in [3.05, 3.63) is 77.3 Å². The van der Waals surface area contributed by atoms with Gasteiger partial charge >= 0.3 is 6.36 Å². The fourth-order valence-corrected chi connectivity index (χ4v) is 6.27. The zero-order chi connectivity index (χ0) is 30.4. The van der Waals surface area contributed by atoms with Gasteiger partial charge in [-0.05, 0) is 67.2 Å². The molecule has 226 valence electrons. The van der Waals surface area contributed by atoms with Crippen molar-refractivity contribution in [2.45, 2.75) is 75.6 Å². The van der Waals surface area contributed by atoms with Crippen molar-refractivity contribution in [2.75, 3.05) is 0 Å². The van der Waals surface area contributed by atoms with Gasteiger partial charge in [0.2, 0.25) is 0 Å². The Balaban J connectivity index is 1.72. The first-order chi connectivity index (χ1) is 19.9. The number of halogens is 4. The van der Waals surface area contributed by atoms with Crippen molar-refractivity contribution in [3.63, 3.8) is 0 Å². The quantitative estimate of drug-likeness (QED) is 0.221. The summed E-state index contributed by atoms with van der Waals surface area (Å²) in [4.78, 5) is 29.0. The van der Waals surface area contributed by atoms with Gasteiger partial charge in [-0.2, -0.15) is 0 Å². The van der Waals surface area contributed by atoms with Crippen LogP contribution in [0.25, 0.3) is 0 Å². The molecule has 0 amide bonds. The lowest BCUT2D eigenvalue weighted by Gasteiger charge is -2.37. The van der Waals surface area contributed by atoms with Crippen molar-refractivity contribution >= 4 is 34.2 Å². The largest absolute Gasteiger partial charge is 0.573 e. The summed E-state index contributed by atoms with van der Waals surface area (Å²) in [7, 11) is 0. The van der Waals surface area contributed by atoms with Gasteiger partial charge in [-0.25, -0.2) is 0 Å². The van der Waals surface area contributed by atoms with E-state index in [-0.39, 0.29) is 51.8 Å². The second-order valence-corrected chi connectivity index (χ2v) is 12.3. The Morgan fingerprint density at radius 1 is 1.05 bits per heavy atom. The molecule has 3 atom stereocenters. The number of unbranched alkanes of at least 4 members (excludes halogenated alkanes) is 1. The van der Waals surface area contributed by atoms with E-state index in [0.29, 0.717) is 30.8 Å². The number of rotatable bonds is 8. The van der Waals surface area contributed by atoms with Gasteiger partial charge in [-0.3, -0.25) is 9.59 Å². The van der Waals surface area contributed by atoms with E-state index >= 15 is 0 Å². The molecule has 2 aromatic carbocycles. The molecule has 4 rings (SSSR count). The van der Waals surface area contributed by atoms with Crippen LogP contribution in [0.3, 0.4) is 0 Å². The summed E-state index contributed by atoms with van der Waals surface area (Å²) in [5.41, 5.74) is 2.20. The van der Waals surface area contributed by atoms with Gasteiger partial charge in [0.25, 0.3) is 0 Å². The number of nitrogens with zero attached hydrogens (tertiary/aromatic N) is 1. The smallest absolute Gasteiger partial charge is 0.508 e. The maximum absolute atomic E-state index is 14.0. The van der Waals surface area contributed by atoms with Crippen LogP contribution >= 0.6 is 22.6 Å². The van der Waals surface area contributed by atoms with Gasteiger partial charge in [0.05, 0.1) is 16.2 Å². The molecule has 1 aliphatic heterocycles. The molecule has 0 spiro atoms. The molecule has 0 saturated heterocycles. The number of allylic oxidation sites excluding steroid dienone is 3. The van der Waals surface area contributed by atoms with Crippen molar-refractivity contribution in [2.24, 2.45) is 11.8 Å². The minimum Gasteiger partial charge on any atom is -0.508 e. The van der Waals surface area contributed by atoms with Crippen LogP contribution in [0.1, 0.15) is 64.4 Å². The standard InChI is InChI=1S/C32H35F3INO5/c1-3-4-6-22-11-16-28(39)30-26(14-15-27(36)31(22)40)20(2)17-29(37(30)19-21-9-12-23(38)13-10-21)41-24-7-5-8-25(18-24)42-32(33,34)35/h5,7-10,12-13,17-18,20,22,27,38H,3-4,6,11,14-16,19H2,1-2H3/t20-,22?,27?/m0/s1. The third-order valence-electron chi connectivity index (χ3n) is 7.59. The molecule has 10 heteroatoms. The molecule has 42 heavy (non-hydrogen) atoms. The molecule has 2 unspecified atom stereocenters. The molecule has 6 nitrogen and oxygen atoms in total. The summed E-state index contributed by atoms with van der Waals surface area (Å²) in [5.74, 6) is -0.143. The topological polar surface area (TPSA) is 76.1 Å². The Labute approximate surface area is 257 Å². The number of carbonyl (C=O) groups is 2. The van der Waals surface area contributed by atoms with E-state index in [4.69, 9.17) is 4.74 Å². The highest BCUT2D eigenvalue weighted by atomic mass is 127. The van der Waals surface area contributed by atoms with Crippen molar-refractivity contribution < 1.29 is 37.3 Å². The van der Waals surface area contributed by atoms with E-state index < -0.39 is 12.1 Å². The van der Waals surface area contributed by atoms with Gasteiger partial charge in [-0.15, -0.1) is 13.2 Å². The van der Waals surface area contributed by atoms with Gasteiger partial charge < -0.3 is 19.5 Å². The Bertz CT molecular complexity index is 1340. The highest BCUT2D eigenvalue weighted by Gasteiger charge is 2.36. The SMILES string of the molecule is CCCCC1CCC(=O)C2=C(CCC(I)C1=O)[C@@H](C)C=C(Oc1cccc(OC(F)(F)F)c1)N2Cc1ccc(O)cc1. The number of carbonyl (C=O) groups excluding carboxylic acids is 2. The first-order valence-corrected chi connectivity index (χ1v) is 15.4. The van der Waals surface area contributed by atoms with E-state index in [1.807, 2.05) is 13.0 Å². The van der Waals surface area contributed by atoms with Crippen LogP contribution in [0.5, 0.6) is 17.2 Å². The minimum atomic E-state index is -4.85. The molecule has 0 bridgehead atoms. The van der Waals surface area contributed by atoms with E-state index in [0.717, 1.165) is 36.5 Å². The molecule has 1 heterocycles. The summed E-state index contributed by atoms with van der Waals surface area (Å²) >= 11 is 2.23. The number of aromatic hydroxyl groups is 1. The molecule has 1 N–H and O–H groups in total. The fourth-order valence-electron chi connectivity index (χ4n) is 5.45. The summed E-state index contributed by atoms with van der Waals surface area (Å²) in [5, 5.41) is 9.81.